The predicted octanol–water partition coefficient (Wildman–Crippen LogP) is 1.57. The summed E-state index contributed by atoms with van der Waals surface area (Å²) in [5.74, 6) is 0.905. The molecule has 1 aliphatic heterocycles. The minimum absolute atomic E-state index is 0.169. The molecule has 0 spiro atoms. The van der Waals surface area contributed by atoms with E-state index in [4.69, 9.17) is 9.47 Å². The van der Waals surface area contributed by atoms with Gasteiger partial charge in [-0.2, -0.15) is 0 Å². The topological polar surface area (TPSA) is 30.5 Å². The maximum absolute atomic E-state index is 5.38. The van der Waals surface area contributed by atoms with Crippen molar-refractivity contribution in [1.29, 1.82) is 0 Å². The van der Waals surface area contributed by atoms with Crippen molar-refractivity contribution < 1.29 is 9.47 Å². The molecule has 0 amide bonds. The van der Waals surface area contributed by atoms with E-state index in [9.17, 15) is 0 Å². The summed E-state index contributed by atoms with van der Waals surface area (Å²) in [5.41, 5.74) is 1.50. The molecule has 1 N–H and O–H groups in total. The van der Waals surface area contributed by atoms with E-state index in [2.05, 4.69) is 24.4 Å². The quantitative estimate of drug-likeness (QED) is 0.818. The van der Waals surface area contributed by atoms with Gasteiger partial charge in [-0.25, -0.2) is 0 Å². The van der Waals surface area contributed by atoms with Crippen molar-refractivity contribution in [1.82, 2.24) is 5.32 Å². The molecule has 1 aromatic rings. The van der Waals surface area contributed by atoms with E-state index < -0.39 is 0 Å². The molecule has 16 heavy (non-hydrogen) atoms. The van der Waals surface area contributed by atoms with E-state index in [0.717, 1.165) is 32.1 Å². The minimum atomic E-state index is 0.169. The smallest absolute Gasteiger partial charge is 0.118 e. The van der Waals surface area contributed by atoms with Crippen LogP contribution in [0, 0.1) is 0 Å². The highest BCUT2D eigenvalue weighted by Crippen LogP contribution is 2.32. The van der Waals surface area contributed by atoms with Gasteiger partial charge in [0, 0.05) is 6.54 Å². The fraction of sp³-hybridized carbons (Fsp3) is 0.538. The van der Waals surface area contributed by atoms with Crippen molar-refractivity contribution in [2.45, 2.75) is 12.3 Å². The van der Waals surface area contributed by atoms with Crippen LogP contribution in [-0.4, -0.2) is 33.4 Å². The van der Waals surface area contributed by atoms with Crippen molar-refractivity contribution in [2.24, 2.45) is 0 Å². The van der Waals surface area contributed by atoms with Crippen LogP contribution in [0.3, 0.4) is 0 Å². The standard InChI is InChI=1S/C13H19NO2/c1-3-14-8-13(9-16-10-13)11-4-6-12(15-2)7-5-11/h4-7,14H,3,8-10H2,1-2H3. The van der Waals surface area contributed by atoms with Crippen LogP contribution in [0.4, 0.5) is 0 Å². The summed E-state index contributed by atoms with van der Waals surface area (Å²) in [5, 5.41) is 3.41. The van der Waals surface area contributed by atoms with Gasteiger partial charge in [0.25, 0.3) is 0 Å². The van der Waals surface area contributed by atoms with Crippen LogP contribution in [0.5, 0.6) is 5.75 Å². The van der Waals surface area contributed by atoms with Crippen LogP contribution in [0.1, 0.15) is 12.5 Å². The Hall–Kier alpha value is -1.06. The van der Waals surface area contributed by atoms with E-state index in [0.29, 0.717) is 0 Å². The van der Waals surface area contributed by atoms with Gasteiger partial charge in [-0.3, -0.25) is 0 Å². The second kappa shape index (κ2) is 4.85. The first-order valence-electron chi connectivity index (χ1n) is 5.74. The summed E-state index contributed by atoms with van der Waals surface area (Å²) >= 11 is 0. The second-order valence-electron chi connectivity index (χ2n) is 4.28. The fourth-order valence-electron chi connectivity index (χ4n) is 2.03. The third kappa shape index (κ3) is 2.06. The van der Waals surface area contributed by atoms with Gasteiger partial charge in [0.1, 0.15) is 5.75 Å². The van der Waals surface area contributed by atoms with E-state index in [1.165, 1.54) is 5.56 Å². The minimum Gasteiger partial charge on any atom is -0.497 e. The Balaban J connectivity index is 2.13. The number of hydrogen-bond donors (Lipinski definition) is 1. The van der Waals surface area contributed by atoms with E-state index in [1.807, 2.05) is 12.1 Å². The molecule has 1 aliphatic rings. The second-order valence-corrected chi connectivity index (χ2v) is 4.28. The van der Waals surface area contributed by atoms with Crippen LogP contribution >= 0.6 is 0 Å². The summed E-state index contributed by atoms with van der Waals surface area (Å²) in [6, 6.07) is 8.31. The maximum Gasteiger partial charge on any atom is 0.118 e. The lowest BCUT2D eigenvalue weighted by atomic mass is 9.78. The molecular formula is C13H19NO2. The van der Waals surface area contributed by atoms with Crippen molar-refractivity contribution in [3.05, 3.63) is 29.8 Å². The number of nitrogens with one attached hydrogen (secondary N) is 1. The number of benzene rings is 1. The molecule has 1 saturated heterocycles. The lowest BCUT2D eigenvalue weighted by Crippen LogP contribution is -2.53. The molecule has 1 fully saturated rings. The third-order valence-corrected chi connectivity index (χ3v) is 3.17. The van der Waals surface area contributed by atoms with Crippen LogP contribution in [-0.2, 0) is 10.2 Å². The zero-order valence-corrected chi connectivity index (χ0v) is 9.95. The molecule has 0 saturated carbocycles. The molecule has 3 heteroatoms. The van der Waals surface area contributed by atoms with Gasteiger partial charge in [0.15, 0.2) is 0 Å². The monoisotopic (exact) mass is 221 g/mol. The normalized spacial score (nSPS) is 17.9. The molecule has 0 unspecified atom stereocenters. The molecule has 0 atom stereocenters. The molecule has 2 rings (SSSR count). The molecule has 0 radical (unpaired) electrons. The van der Waals surface area contributed by atoms with Gasteiger partial charge in [-0.1, -0.05) is 19.1 Å². The molecule has 1 heterocycles. The molecule has 0 aliphatic carbocycles. The van der Waals surface area contributed by atoms with Gasteiger partial charge < -0.3 is 14.8 Å². The van der Waals surface area contributed by atoms with E-state index in [1.54, 1.807) is 7.11 Å². The Labute approximate surface area is 96.8 Å². The third-order valence-electron chi connectivity index (χ3n) is 3.17. The van der Waals surface area contributed by atoms with Gasteiger partial charge in [0.05, 0.1) is 25.7 Å². The highest BCUT2D eigenvalue weighted by molar-refractivity contribution is 5.34. The van der Waals surface area contributed by atoms with Crippen molar-refractivity contribution in [2.75, 3.05) is 33.4 Å². The maximum atomic E-state index is 5.38. The van der Waals surface area contributed by atoms with Crippen molar-refractivity contribution in [3.8, 4) is 5.75 Å². The van der Waals surface area contributed by atoms with Gasteiger partial charge in [0.2, 0.25) is 0 Å². The van der Waals surface area contributed by atoms with E-state index in [-0.39, 0.29) is 5.41 Å². The molecule has 1 aromatic carbocycles. The largest absolute Gasteiger partial charge is 0.497 e. The van der Waals surface area contributed by atoms with Crippen LogP contribution in [0.15, 0.2) is 24.3 Å². The first kappa shape index (κ1) is 11.4. The van der Waals surface area contributed by atoms with E-state index >= 15 is 0 Å². The Morgan fingerprint density at radius 1 is 1.31 bits per heavy atom. The number of ether oxygens (including phenoxy) is 2. The zero-order valence-electron chi connectivity index (χ0n) is 9.95. The van der Waals surface area contributed by atoms with Crippen molar-refractivity contribution >= 4 is 0 Å². The summed E-state index contributed by atoms with van der Waals surface area (Å²) in [4.78, 5) is 0. The number of methoxy groups -OCH3 is 1. The Kier molecular flexibility index (Phi) is 3.46. The number of hydrogen-bond acceptors (Lipinski definition) is 3. The van der Waals surface area contributed by atoms with Crippen LogP contribution in [0.2, 0.25) is 0 Å². The Morgan fingerprint density at radius 2 is 2.00 bits per heavy atom. The number of rotatable bonds is 5. The van der Waals surface area contributed by atoms with Crippen molar-refractivity contribution in [3.63, 3.8) is 0 Å². The molecule has 0 bridgehead atoms. The summed E-state index contributed by atoms with van der Waals surface area (Å²) in [6.45, 7) is 5.73. The fourth-order valence-corrected chi connectivity index (χ4v) is 2.03. The van der Waals surface area contributed by atoms with Gasteiger partial charge >= 0.3 is 0 Å². The molecule has 3 nitrogen and oxygen atoms in total. The number of likely N-dealkylation sites (N-methyl/N-ethyl adjacent to an activating group) is 1. The van der Waals surface area contributed by atoms with Gasteiger partial charge in [-0.15, -0.1) is 0 Å². The predicted molar refractivity (Wildman–Crippen MR) is 64.0 cm³/mol. The Bertz CT molecular complexity index is 330. The molecular weight excluding hydrogens is 202 g/mol. The average Bonchev–Trinajstić information content (AvgIpc) is 2.29. The summed E-state index contributed by atoms with van der Waals surface area (Å²) < 4.78 is 10.5. The van der Waals surface area contributed by atoms with Crippen LogP contribution < -0.4 is 10.1 Å². The summed E-state index contributed by atoms with van der Waals surface area (Å²) in [6.07, 6.45) is 0. The molecule has 0 aromatic heterocycles. The first-order chi connectivity index (χ1) is 7.80. The average molecular weight is 221 g/mol. The highest BCUT2D eigenvalue weighted by atomic mass is 16.5. The lowest BCUT2D eigenvalue weighted by molar-refractivity contribution is -0.0588. The SMILES string of the molecule is CCNCC1(c2ccc(OC)cc2)COC1. The zero-order chi connectivity index (χ0) is 11.4. The first-order valence-corrected chi connectivity index (χ1v) is 5.74. The highest BCUT2D eigenvalue weighted by Gasteiger charge is 2.39. The van der Waals surface area contributed by atoms with Gasteiger partial charge in [-0.05, 0) is 24.2 Å². The Morgan fingerprint density at radius 3 is 2.44 bits per heavy atom. The lowest BCUT2D eigenvalue weighted by Gasteiger charge is -2.42. The van der Waals surface area contributed by atoms with Crippen LogP contribution in [0.25, 0.3) is 0 Å². The molecule has 88 valence electrons. The summed E-state index contributed by atoms with van der Waals surface area (Å²) in [7, 11) is 1.69.